The molecule has 0 fully saturated rings. The van der Waals surface area contributed by atoms with Crippen LogP contribution in [0, 0.1) is 0 Å². The van der Waals surface area contributed by atoms with Gasteiger partial charge in [-0.05, 0) is 18.4 Å². The van der Waals surface area contributed by atoms with E-state index in [1.165, 1.54) is 4.90 Å². The average molecular weight is 257 g/mol. The van der Waals surface area contributed by atoms with Gasteiger partial charge in [0, 0.05) is 23.6 Å². The molecule has 3 nitrogen and oxygen atoms in total. The molecule has 0 saturated carbocycles. The van der Waals surface area contributed by atoms with Crippen LogP contribution >= 0.6 is 0 Å². The fourth-order valence-electron chi connectivity index (χ4n) is 2.47. The lowest BCUT2D eigenvalue weighted by atomic mass is 9.88. The van der Waals surface area contributed by atoms with Gasteiger partial charge in [0.05, 0.1) is 0 Å². The van der Waals surface area contributed by atoms with E-state index in [1.54, 1.807) is 20.0 Å². The Balaban J connectivity index is 0.000000637. The van der Waals surface area contributed by atoms with Crippen LogP contribution in [0.5, 0.6) is 0 Å². The second kappa shape index (κ2) is 4.67. The second-order valence-corrected chi connectivity index (χ2v) is 4.59. The predicted octanol–water partition coefficient (Wildman–Crippen LogP) is 3.12. The van der Waals surface area contributed by atoms with Crippen molar-refractivity contribution in [1.82, 2.24) is 4.90 Å². The van der Waals surface area contributed by atoms with Crippen molar-refractivity contribution in [3.63, 3.8) is 0 Å². The Hall–Kier alpha value is -1.87. The highest BCUT2D eigenvalue weighted by molar-refractivity contribution is 6.10. The van der Waals surface area contributed by atoms with Gasteiger partial charge >= 0.3 is 0 Å². The van der Waals surface area contributed by atoms with Crippen LogP contribution in [-0.2, 0) is 5.72 Å². The first-order valence-electron chi connectivity index (χ1n) is 6.56. The number of carbonyl (C=O) groups excluding carboxylic acids is 1. The summed E-state index contributed by atoms with van der Waals surface area (Å²) in [6.07, 6.45) is 0. The zero-order chi connectivity index (χ0) is 14.2. The fraction of sp³-hybridized carbons (Fsp3) is 0.312. The molecular formula is C16H19NO2. The van der Waals surface area contributed by atoms with Crippen LogP contribution in [0.1, 0.15) is 36.7 Å². The summed E-state index contributed by atoms with van der Waals surface area (Å²) in [7, 11) is 1.62. The molecule has 1 aliphatic heterocycles. The topological polar surface area (TPSA) is 40.5 Å². The normalized spacial score (nSPS) is 21.1. The van der Waals surface area contributed by atoms with E-state index in [0.29, 0.717) is 5.56 Å². The zero-order valence-electron chi connectivity index (χ0n) is 11.8. The van der Waals surface area contributed by atoms with E-state index >= 15 is 0 Å². The van der Waals surface area contributed by atoms with E-state index in [2.05, 4.69) is 0 Å². The molecule has 19 heavy (non-hydrogen) atoms. The standard InChI is InChI=1S/C14H13NO2.C2H6/c1-14(17)11-8-4-6-9-5-3-7-10(12(9)11)13(16)15(14)2;1-2/h3-8,17H,1-2H3;1-2H3. The average Bonchev–Trinajstić information content (AvgIpc) is 2.45. The summed E-state index contributed by atoms with van der Waals surface area (Å²) in [4.78, 5) is 13.6. The number of amides is 1. The summed E-state index contributed by atoms with van der Waals surface area (Å²) < 4.78 is 0. The molecule has 1 atom stereocenters. The fourth-order valence-corrected chi connectivity index (χ4v) is 2.47. The molecule has 0 bridgehead atoms. The maximum Gasteiger partial charge on any atom is 0.256 e. The Morgan fingerprint density at radius 3 is 2.32 bits per heavy atom. The first kappa shape index (κ1) is 13.6. The lowest BCUT2D eigenvalue weighted by Gasteiger charge is -2.39. The van der Waals surface area contributed by atoms with Crippen molar-refractivity contribution in [2.45, 2.75) is 26.5 Å². The molecule has 100 valence electrons. The molecule has 3 heteroatoms. The van der Waals surface area contributed by atoms with Crippen molar-refractivity contribution in [3.8, 4) is 0 Å². The lowest BCUT2D eigenvalue weighted by Crippen LogP contribution is -2.47. The largest absolute Gasteiger partial charge is 0.367 e. The number of benzene rings is 2. The minimum absolute atomic E-state index is 0.140. The van der Waals surface area contributed by atoms with E-state index in [4.69, 9.17) is 0 Å². The lowest BCUT2D eigenvalue weighted by molar-refractivity contribution is -0.0676. The summed E-state index contributed by atoms with van der Waals surface area (Å²) >= 11 is 0. The molecule has 0 saturated heterocycles. The molecule has 0 aliphatic carbocycles. The van der Waals surface area contributed by atoms with Crippen LogP contribution < -0.4 is 0 Å². The molecule has 1 N–H and O–H groups in total. The summed E-state index contributed by atoms with van der Waals surface area (Å²) in [5, 5.41) is 12.3. The summed E-state index contributed by atoms with van der Waals surface area (Å²) in [6, 6.07) is 11.4. The van der Waals surface area contributed by atoms with Gasteiger partial charge < -0.3 is 10.0 Å². The quantitative estimate of drug-likeness (QED) is 0.787. The summed E-state index contributed by atoms with van der Waals surface area (Å²) in [5.41, 5.74) is 0.199. The highest BCUT2D eigenvalue weighted by atomic mass is 16.3. The first-order valence-corrected chi connectivity index (χ1v) is 6.56. The Morgan fingerprint density at radius 2 is 1.68 bits per heavy atom. The number of nitrogens with zero attached hydrogens (tertiary/aromatic N) is 1. The van der Waals surface area contributed by atoms with Gasteiger partial charge in [-0.25, -0.2) is 0 Å². The number of rotatable bonds is 0. The SMILES string of the molecule is CC.CN1C(=O)c2cccc3cccc(c23)C1(C)O. The van der Waals surface area contributed by atoms with Crippen molar-refractivity contribution < 1.29 is 9.90 Å². The highest BCUT2D eigenvalue weighted by Crippen LogP contribution is 2.38. The molecule has 1 heterocycles. The van der Waals surface area contributed by atoms with E-state index in [0.717, 1.165) is 16.3 Å². The number of hydrogen-bond donors (Lipinski definition) is 1. The van der Waals surface area contributed by atoms with E-state index in [9.17, 15) is 9.90 Å². The molecule has 2 aromatic rings. The molecule has 0 spiro atoms. The zero-order valence-corrected chi connectivity index (χ0v) is 11.8. The van der Waals surface area contributed by atoms with Gasteiger partial charge in [0.15, 0.2) is 5.72 Å². The number of hydrogen-bond acceptors (Lipinski definition) is 2. The van der Waals surface area contributed by atoms with Crippen molar-refractivity contribution in [1.29, 1.82) is 0 Å². The van der Waals surface area contributed by atoms with E-state index < -0.39 is 5.72 Å². The molecule has 0 radical (unpaired) electrons. The third-order valence-corrected chi connectivity index (χ3v) is 3.60. The molecule has 0 aromatic heterocycles. The molecular weight excluding hydrogens is 238 g/mol. The van der Waals surface area contributed by atoms with Gasteiger partial charge in [-0.1, -0.05) is 44.2 Å². The minimum atomic E-state index is -1.25. The van der Waals surface area contributed by atoms with Crippen molar-refractivity contribution in [2.75, 3.05) is 7.05 Å². The van der Waals surface area contributed by atoms with Gasteiger partial charge in [-0.2, -0.15) is 0 Å². The first-order chi connectivity index (χ1) is 9.03. The summed E-state index contributed by atoms with van der Waals surface area (Å²) in [5.74, 6) is -0.140. The third-order valence-electron chi connectivity index (χ3n) is 3.60. The van der Waals surface area contributed by atoms with Crippen LogP contribution in [0.15, 0.2) is 36.4 Å². The Bertz CT molecular complexity index is 626. The van der Waals surface area contributed by atoms with Crippen LogP contribution in [0.3, 0.4) is 0 Å². The van der Waals surface area contributed by atoms with Gasteiger partial charge in [0.1, 0.15) is 0 Å². The van der Waals surface area contributed by atoms with Gasteiger partial charge in [-0.15, -0.1) is 0 Å². The number of aliphatic hydroxyl groups is 1. The Morgan fingerprint density at radius 1 is 1.11 bits per heavy atom. The van der Waals surface area contributed by atoms with Crippen molar-refractivity contribution >= 4 is 16.7 Å². The van der Waals surface area contributed by atoms with Crippen LogP contribution in [-0.4, -0.2) is 23.0 Å². The van der Waals surface area contributed by atoms with Crippen molar-refractivity contribution in [3.05, 3.63) is 47.5 Å². The van der Waals surface area contributed by atoms with Crippen LogP contribution in [0.25, 0.3) is 10.8 Å². The molecule has 2 aromatic carbocycles. The Labute approximate surface area is 113 Å². The number of carbonyl (C=O) groups is 1. The van der Waals surface area contributed by atoms with Crippen molar-refractivity contribution in [2.24, 2.45) is 0 Å². The highest BCUT2D eigenvalue weighted by Gasteiger charge is 2.39. The van der Waals surface area contributed by atoms with Gasteiger partial charge in [0.25, 0.3) is 5.91 Å². The van der Waals surface area contributed by atoms with E-state index in [1.807, 2.05) is 44.2 Å². The molecule has 1 unspecified atom stereocenters. The molecule has 3 rings (SSSR count). The smallest absolute Gasteiger partial charge is 0.256 e. The monoisotopic (exact) mass is 257 g/mol. The molecule has 1 aliphatic rings. The maximum atomic E-state index is 12.2. The maximum absolute atomic E-state index is 12.2. The van der Waals surface area contributed by atoms with Crippen LogP contribution in [0.4, 0.5) is 0 Å². The Kier molecular flexibility index (Phi) is 3.33. The van der Waals surface area contributed by atoms with E-state index in [-0.39, 0.29) is 5.91 Å². The third kappa shape index (κ3) is 1.81. The van der Waals surface area contributed by atoms with Gasteiger partial charge in [-0.3, -0.25) is 4.79 Å². The summed E-state index contributed by atoms with van der Waals surface area (Å²) in [6.45, 7) is 5.65. The predicted molar refractivity (Wildman–Crippen MR) is 77.0 cm³/mol. The van der Waals surface area contributed by atoms with Crippen LogP contribution in [0.2, 0.25) is 0 Å². The minimum Gasteiger partial charge on any atom is -0.367 e. The second-order valence-electron chi connectivity index (χ2n) is 4.59. The van der Waals surface area contributed by atoms with Gasteiger partial charge in [0.2, 0.25) is 0 Å². The molecule has 1 amide bonds.